The molecule has 0 unspecified atom stereocenters. The molecule has 29 heavy (non-hydrogen) atoms. The number of hydrogen-bond donors (Lipinski definition) is 2. The quantitative estimate of drug-likeness (QED) is 0.525. The van der Waals surface area contributed by atoms with Gasteiger partial charge in [-0.2, -0.15) is 18.2 Å². The Morgan fingerprint density at radius 3 is 2.00 bits per heavy atom. The zero-order valence-corrected chi connectivity index (χ0v) is 18.2. The first-order valence-electron chi connectivity index (χ1n) is 11.5. The summed E-state index contributed by atoms with van der Waals surface area (Å²) >= 11 is 0. The Bertz CT molecular complexity index is 677. The molecule has 6 saturated carbocycles. The average Bonchev–Trinajstić information content (AvgIpc) is 3.39. The molecule has 0 aromatic carbocycles. The molecule has 166 valence electrons. The van der Waals surface area contributed by atoms with Crippen molar-refractivity contribution in [3.8, 4) is 0 Å². The van der Waals surface area contributed by atoms with Gasteiger partial charge in [-0.1, -0.05) is 0 Å². The molecule has 1 aliphatic heterocycles. The fourth-order valence-electron chi connectivity index (χ4n) is 6.74. The summed E-state index contributed by atoms with van der Waals surface area (Å²) in [4.78, 5) is 12.1. The lowest BCUT2D eigenvalue weighted by molar-refractivity contribution is -0.390. The molecule has 7 nitrogen and oxygen atoms in total. The molecule has 7 aliphatic rings. The molecule has 2 spiro atoms. The van der Waals surface area contributed by atoms with Crippen molar-refractivity contribution in [1.29, 1.82) is 0 Å². The largest absolute Gasteiger partial charge is 0.314 e. The predicted molar refractivity (Wildman–Crippen MR) is 106 cm³/mol. The lowest BCUT2D eigenvalue weighted by Crippen LogP contribution is -2.59. The van der Waals surface area contributed by atoms with Gasteiger partial charge < -0.3 is 10.1 Å². The Balaban J connectivity index is 0.000000328. The van der Waals surface area contributed by atoms with E-state index in [9.17, 15) is 8.42 Å². The van der Waals surface area contributed by atoms with Gasteiger partial charge in [-0.25, -0.2) is 0 Å². The Labute approximate surface area is 173 Å². The van der Waals surface area contributed by atoms with Gasteiger partial charge in [0.25, 0.3) is 10.1 Å². The van der Waals surface area contributed by atoms with Gasteiger partial charge in [0.05, 0.1) is 6.26 Å². The van der Waals surface area contributed by atoms with Crippen LogP contribution < -0.4 is 5.32 Å². The second-order valence-corrected chi connectivity index (χ2v) is 12.0. The Hall–Kier alpha value is -0.250. The maximum Gasteiger partial charge on any atom is 0.261 e. The fourth-order valence-corrected chi connectivity index (χ4v) is 6.74. The highest BCUT2D eigenvalue weighted by Crippen LogP contribution is 2.63. The van der Waals surface area contributed by atoms with Crippen LogP contribution in [0.3, 0.4) is 0 Å². The average molecular weight is 430 g/mol. The van der Waals surface area contributed by atoms with Crippen LogP contribution in [0.25, 0.3) is 0 Å². The zero-order valence-electron chi connectivity index (χ0n) is 17.3. The van der Waals surface area contributed by atoms with Crippen LogP contribution >= 0.6 is 0 Å². The van der Waals surface area contributed by atoms with E-state index in [4.69, 9.17) is 19.1 Å². The van der Waals surface area contributed by atoms with Crippen LogP contribution in [0.2, 0.25) is 0 Å². The summed E-state index contributed by atoms with van der Waals surface area (Å²) in [6.45, 7) is 1.18. The summed E-state index contributed by atoms with van der Waals surface area (Å²) in [6, 6.07) is 0.819. The summed E-state index contributed by atoms with van der Waals surface area (Å²) in [6.07, 6.45) is 14.6. The Morgan fingerprint density at radius 1 is 0.931 bits per heavy atom. The minimum absolute atomic E-state index is 0.382. The summed E-state index contributed by atoms with van der Waals surface area (Å²) in [5, 5.41) is 3.69. The van der Waals surface area contributed by atoms with E-state index in [0.717, 1.165) is 36.6 Å². The van der Waals surface area contributed by atoms with Crippen LogP contribution in [0.15, 0.2) is 0 Å². The summed E-state index contributed by atoms with van der Waals surface area (Å²) in [5.74, 6) is 3.03. The highest BCUT2D eigenvalue weighted by molar-refractivity contribution is 7.85. The molecule has 0 aromatic rings. The van der Waals surface area contributed by atoms with Crippen molar-refractivity contribution < 1.29 is 27.5 Å². The maximum absolute atomic E-state index is 9.19. The highest BCUT2D eigenvalue weighted by atomic mass is 32.2. The van der Waals surface area contributed by atoms with Gasteiger partial charge in [0.1, 0.15) is 0 Å². The van der Waals surface area contributed by atoms with Crippen LogP contribution in [-0.2, 0) is 24.6 Å². The van der Waals surface area contributed by atoms with Gasteiger partial charge in [0, 0.05) is 30.7 Å². The van der Waals surface area contributed by atoms with Crippen LogP contribution in [0.4, 0.5) is 0 Å². The smallest absolute Gasteiger partial charge is 0.261 e. The van der Waals surface area contributed by atoms with Gasteiger partial charge in [0.2, 0.25) is 11.6 Å². The van der Waals surface area contributed by atoms with Crippen molar-refractivity contribution in [2.45, 2.75) is 88.2 Å². The standard InChI is InChI=1S/C20H31NO3.CH4O3S/c1-2-18(1)21-12-13-3-5-19(6-4-13)22-20(24-23-19)16-8-14-7-15(10-16)11-17(20)9-14;1-5(2,3)4/h13-18,21H,1-12H2;1H3,(H,2,3,4). The van der Waals surface area contributed by atoms with E-state index in [1.807, 2.05) is 0 Å². The summed E-state index contributed by atoms with van der Waals surface area (Å²) in [5.41, 5.74) is 0. The minimum Gasteiger partial charge on any atom is -0.314 e. The number of ether oxygens (including phenoxy) is 1. The topological polar surface area (TPSA) is 94.1 Å². The molecular formula is C21H35NO6S. The van der Waals surface area contributed by atoms with Gasteiger partial charge in [-0.05, 0) is 82.1 Å². The third kappa shape index (κ3) is 4.39. The van der Waals surface area contributed by atoms with Crippen LogP contribution in [0, 0.1) is 29.6 Å². The van der Waals surface area contributed by atoms with Gasteiger partial charge >= 0.3 is 0 Å². The summed E-state index contributed by atoms with van der Waals surface area (Å²) < 4.78 is 32.6. The molecule has 1 heterocycles. The number of nitrogens with one attached hydrogen (secondary N) is 1. The van der Waals surface area contributed by atoms with Gasteiger partial charge in [0.15, 0.2) is 0 Å². The lowest BCUT2D eigenvalue weighted by atomic mass is 9.53. The Morgan fingerprint density at radius 2 is 1.48 bits per heavy atom. The zero-order chi connectivity index (χ0) is 20.3. The summed E-state index contributed by atoms with van der Waals surface area (Å²) in [7, 11) is -3.67. The van der Waals surface area contributed by atoms with E-state index >= 15 is 0 Å². The molecule has 7 fully saturated rings. The molecule has 8 heteroatoms. The first kappa shape index (κ1) is 20.6. The van der Waals surface area contributed by atoms with Crippen LogP contribution in [-0.4, -0.2) is 43.4 Å². The highest BCUT2D eigenvalue weighted by Gasteiger charge is 2.66. The van der Waals surface area contributed by atoms with E-state index in [-0.39, 0.29) is 5.79 Å². The van der Waals surface area contributed by atoms with Crippen molar-refractivity contribution >= 4 is 10.1 Å². The molecule has 1 saturated heterocycles. The normalized spacial score (nSPS) is 48.1. The number of rotatable bonds is 3. The van der Waals surface area contributed by atoms with Crippen LogP contribution in [0.5, 0.6) is 0 Å². The van der Waals surface area contributed by atoms with E-state index in [2.05, 4.69) is 5.32 Å². The molecule has 4 bridgehead atoms. The first-order valence-corrected chi connectivity index (χ1v) is 13.3. The van der Waals surface area contributed by atoms with Crippen molar-refractivity contribution in [2.24, 2.45) is 29.6 Å². The predicted octanol–water partition coefficient (Wildman–Crippen LogP) is 3.26. The lowest BCUT2D eigenvalue weighted by Gasteiger charge is -2.57. The minimum atomic E-state index is -3.67. The number of hydrogen-bond acceptors (Lipinski definition) is 6. The molecule has 0 amide bonds. The van der Waals surface area contributed by atoms with Gasteiger partial charge in [-0.3, -0.25) is 4.55 Å². The SMILES string of the molecule is C1CC2(CCC1CNC1CC1)OOC1(O2)C2CC3CC(C2)CC1C3.CS(=O)(=O)O. The van der Waals surface area contributed by atoms with Crippen LogP contribution in [0.1, 0.15) is 70.6 Å². The van der Waals surface area contributed by atoms with E-state index < -0.39 is 15.9 Å². The van der Waals surface area contributed by atoms with E-state index in [1.165, 1.54) is 64.3 Å². The first-order chi connectivity index (χ1) is 13.7. The second kappa shape index (κ2) is 7.41. The molecule has 6 aliphatic carbocycles. The fraction of sp³-hybridized carbons (Fsp3) is 1.00. The van der Waals surface area contributed by atoms with Gasteiger partial charge in [-0.15, -0.1) is 0 Å². The van der Waals surface area contributed by atoms with E-state index in [0.29, 0.717) is 18.1 Å². The van der Waals surface area contributed by atoms with Crippen molar-refractivity contribution in [3.05, 3.63) is 0 Å². The monoisotopic (exact) mass is 429 g/mol. The van der Waals surface area contributed by atoms with E-state index in [1.54, 1.807) is 0 Å². The third-order valence-electron chi connectivity index (χ3n) is 8.08. The second-order valence-electron chi connectivity index (χ2n) is 10.6. The third-order valence-corrected chi connectivity index (χ3v) is 8.08. The molecule has 0 atom stereocenters. The molecule has 0 radical (unpaired) electrons. The van der Waals surface area contributed by atoms with Crippen molar-refractivity contribution in [1.82, 2.24) is 5.32 Å². The maximum atomic E-state index is 9.19. The molecular weight excluding hydrogens is 394 g/mol. The Kier molecular flexibility index (Phi) is 5.28. The molecule has 0 aromatic heterocycles. The van der Waals surface area contributed by atoms with Crippen molar-refractivity contribution in [2.75, 3.05) is 12.8 Å². The molecule has 2 N–H and O–H groups in total. The van der Waals surface area contributed by atoms with Crippen molar-refractivity contribution in [3.63, 3.8) is 0 Å². The molecule has 7 rings (SSSR count).